The second kappa shape index (κ2) is 12.1. The summed E-state index contributed by atoms with van der Waals surface area (Å²) in [6.45, 7) is 3.68. The molecule has 1 fully saturated rings. The Morgan fingerprint density at radius 2 is 2.32 bits per heavy atom. The average Bonchev–Trinajstić information content (AvgIpc) is 3.34. The minimum Gasteiger partial charge on any atom is -0.469 e. The Morgan fingerprint density at radius 3 is 3.07 bits per heavy atom. The summed E-state index contributed by atoms with van der Waals surface area (Å²) in [7, 11) is 1.68. The number of hydrogen-bond acceptors (Lipinski definition) is 5. The molecule has 154 valence electrons. The summed E-state index contributed by atoms with van der Waals surface area (Å²) in [4.78, 5) is 11.2. The zero-order valence-corrected chi connectivity index (χ0v) is 19.0. The molecule has 1 unspecified atom stereocenters. The first-order valence-electron chi connectivity index (χ1n) is 9.18. The summed E-state index contributed by atoms with van der Waals surface area (Å²) in [5.41, 5.74) is 0. The van der Waals surface area contributed by atoms with Crippen LogP contribution >= 0.6 is 35.6 Å². The van der Waals surface area contributed by atoms with Gasteiger partial charge in [0, 0.05) is 45.4 Å². The lowest BCUT2D eigenvalue weighted by molar-refractivity contribution is 0.208. The second-order valence-electron chi connectivity index (χ2n) is 6.36. The number of nitrogens with zero attached hydrogens (tertiary/aromatic N) is 3. The summed E-state index contributed by atoms with van der Waals surface area (Å²) in [5, 5.41) is 7.57. The number of anilines is 1. The highest BCUT2D eigenvalue weighted by molar-refractivity contribution is 14.0. The molecule has 0 aliphatic carbocycles. The molecule has 9 heteroatoms. The molecule has 0 spiro atoms. The molecule has 0 amide bonds. The Morgan fingerprint density at radius 1 is 1.43 bits per heavy atom. The fourth-order valence-electron chi connectivity index (χ4n) is 3.03. The number of aromatic nitrogens is 1. The molecule has 28 heavy (non-hydrogen) atoms. The van der Waals surface area contributed by atoms with Gasteiger partial charge in [-0.3, -0.25) is 4.99 Å². The van der Waals surface area contributed by atoms with E-state index < -0.39 is 0 Å². The SMILES string of the molecule is COCCN=C(NCCc1ccco1)NC1CCN(c2ncccc2Cl)C1.I. The van der Waals surface area contributed by atoms with Crippen molar-refractivity contribution in [3.05, 3.63) is 47.5 Å². The van der Waals surface area contributed by atoms with Gasteiger partial charge in [0.2, 0.25) is 0 Å². The maximum Gasteiger partial charge on any atom is 0.191 e. The molecule has 2 aromatic heterocycles. The minimum absolute atomic E-state index is 0. The molecule has 0 bridgehead atoms. The molecule has 2 aromatic rings. The van der Waals surface area contributed by atoms with E-state index in [1.165, 1.54) is 0 Å². The van der Waals surface area contributed by atoms with Gasteiger partial charge >= 0.3 is 0 Å². The third-order valence-corrected chi connectivity index (χ3v) is 4.67. The summed E-state index contributed by atoms with van der Waals surface area (Å²) < 4.78 is 10.5. The first-order chi connectivity index (χ1) is 13.3. The van der Waals surface area contributed by atoms with Gasteiger partial charge < -0.3 is 24.7 Å². The van der Waals surface area contributed by atoms with E-state index in [-0.39, 0.29) is 30.0 Å². The predicted octanol–water partition coefficient (Wildman–Crippen LogP) is 2.95. The Bertz CT molecular complexity index is 729. The van der Waals surface area contributed by atoms with Crippen LogP contribution in [0.1, 0.15) is 12.2 Å². The van der Waals surface area contributed by atoms with E-state index in [1.54, 1.807) is 19.6 Å². The summed E-state index contributed by atoms with van der Waals surface area (Å²) in [6, 6.07) is 7.87. The van der Waals surface area contributed by atoms with Crippen molar-refractivity contribution in [1.29, 1.82) is 0 Å². The molecule has 1 aliphatic rings. The van der Waals surface area contributed by atoms with Crippen LogP contribution in [0, 0.1) is 0 Å². The van der Waals surface area contributed by atoms with E-state index in [9.17, 15) is 0 Å². The molecule has 1 atom stereocenters. The molecule has 0 aromatic carbocycles. The molecule has 0 saturated carbocycles. The zero-order valence-electron chi connectivity index (χ0n) is 15.9. The topological polar surface area (TPSA) is 74.9 Å². The van der Waals surface area contributed by atoms with Gasteiger partial charge in [0.15, 0.2) is 5.96 Å². The smallest absolute Gasteiger partial charge is 0.191 e. The number of aliphatic imine (C=N–C) groups is 1. The number of guanidine groups is 1. The molecule has 3 rings (SSSR count). The molecular formula is C19H27ClIN5O2. The highest BCUT2D eigenvalue weighted by Gasteiger charge is 2.25. The maximum absolute atomic E-state index is 6.28. The van der Waals surface area contributed by atoms with Crippen LogP contribution in [-0.4, -0.2) is 56.9 Å². The van der Waals surface area contributed by atoms with Crippen molar-refractivity contribution in [2.75, 3.05) is 44.8 Å². The molecule has 0 radical (unpaired) electrons. The van der Waals surface area contributed by atoms with Crippen LogP contribution in [-0.2, 0) is 11.2 Å². The highest BCUT2D eigenvalue weighted by atomic mass is 127. The van der Waals surface area contributed by atoms with Gasteiger partial charge in [0.05, 0.1) is 24.4 Å². The number of rotatable bonds is 8. The monoisotopic (exact) mass is 519 g/mol. The van der Waals surface area contributed by atoms with Crippen LogP contribution in [0.2, 0.25) is 5.02 Å². The van der Waals surface area contributed by atoms with Crippen molar-refractivity contribution < 1.29 is 9.15 Å². The molecule has 1 saturated heterocycles. The van der Waals surface area contributed by atoms with E-state index in [2.05, 4.69) is 25.5 Å². The number of pyridine rings is 1. The van der Waals surface area contributed by atoms with Crippen LogP contribution < -0.4 is 15.5 Å². The Kier molecular flexibility index (Phi) is 9.86. The van der Waals surface area contributed by atoms with Gasteiger partial charge in [-0.05, 0) is 30.7 Å². The fraction of sp³-hybridized carbons (Fsp3) is 0.474. The van der Waals surface area contributed by atoms with Crippen molar-refractivity contribution in [3.8, 4) is 0 Å². The van der Waals surface area contributed by atoms with Gasteiger partial charge in [-0.2, -0.15) is 0 Å². The summed E-state index contributed by atoms with van der Waals surface area (Å²) in [6.07, 6.45) is 5.27. The van der Waals surface area contributed by atoms with Crippen molar-refractivity contribution in [2.24, 2.45) is 4.99 Å². The standard InChI is InChI=1S/C19H26ClN5O2.HI/c1-26-13-10-23-19(22-9-6-16-4-3-12-27-16)24-15-7-11-25(14-15)18-17(20)5-2-8-21-18;/h2-5,8,12,15H,6-7,9-11,13-14H2,1H3,(H2,22,23,24);1H. The van der Waals surface area contributed by atoms with Crippen molar-refractivity contribution in [1.82, 2.24) is 15.6 Å². The Balaban J connectivity index is 0.00000280. The lowest BCUT2D eigenvalue weighted by atomic mass is 10.3. The van der Waals surface area contributed by atoms with Crippen molar-refractivity contribution in [3.63, 3.8) is 0 Å². The largest absolute Gasteiger partial charge is 0.469 e. The number of hydrogen-bond donors (Lipinski definition) is 2. The predicted molar refractivity (Wildman–Crippen MR) is 123 cm³/mol. The minimum atomic E-state index is 0. The number of methoxy groups -OCH3 is 1. The highest BCUT2D eigenvalue weighted by Crippen LogP contribution is 2.25. The maximum atomic E-state index is 6.28. The molecule has 3 heterocycles. The van der Waals surface area contributed by atoms with E-state index in [1.807, 2.05) is 24.3 Å². The van der Waals surface area contributed by atoms with E-state index in [0.717, 1.165) is 50.0 Å². The number of nitrogens with one attached hydrogen (secondary N) is 2. The molecule has 2 N–H and O–H groups in total. The van der Waals surface area contributed by atoms with Gasteiger partial charge in [-0.15, -0.1) is 24.0 Å². The number of furan rings is 1. The van der Waals surface area contributed by atoms with Crippen LogP contribution in [0.3, 0.4) is 0 Å². The fourth-order valence-corrected chi connectivity index (χ4v) is 3.28. The van der Waals surface area contributed by atoms with Crippen LogP contribution in [0.25, 0.3) is 0 Å². The summed E-state index contributed by atoms with van der Waals surface area (Å²) in [5.74, 6) is 2.58. The van der Waals surface area contributed by atoms with Gasteiger partial charge in [-0.25, -0.2) is 4.98 Å². The van der Waals surface area contributed by atoms with Crippen LogP contribution in [0.4, 0.5) is 5.82 Å². The Labute approximate surface area is 187 Å². The Hall–Kier alpha value is -1.52. The van der Waals surface area contributed by atoms with Crippen LogP contribution in [0.5, 0.6) is 0 Å². The van der Waals surface area contributed by atoms with Crippen LogP contribution in [0.15, 0.2) is 46.1 Å². The molecule has 1 aliphatic heterocycles. The molecular weight excluding hydrogens is 493 g/mol. The zero-order chi connectivity index (χ0) is 18.9. The normalized spacial score (nSPS) is 16.7. The third-order valence-electron chi connectivity index (χ3n) is 4.38. The van der Waals surface area contributed by atoms with Gasteiger partial charge in [0.25, 0.3) is 0 Å². The average molecular weight is 520 g/mol. The van der Waals surface area contributed by atoms with Crippen molar-refractivity contribution >= 4 is 47.4 Å². The second-order valence-corrected chi connectivity index (χ2v) is 6.77. The summed E-state index contributed by atoms with van der Waals surface area (Å²) >= 11 is 6.28. The molecule has 7 nitrogen and oxygen atoms in total. The first kappa shape index (κ1) is 22.8. The lowest BCUT2D eigenvalue weighted by Crippen LogP contribution is -2.45. The lowest BCUT2D eigenvalue weighted by Gasteiger charge is -2.20. The first-order valence-corrected chi connectivity index (χ1v) is 9.55. The van der Waals surface area contributed by atoms with E-state index in [4.69, 9.17) is 20.8 Å². The van der Waals surface area contributed by atoms with Crippen molar-refractivity contribution in [2.45, 2.75) is 18.9 Å². The quantitative estimate of drug-likeness (QED) is 0.242. The van der Waals surface area contributed by atoms with Gasteiger partial charge in [-0.1, -0.05) is 11.6 Å². The number of halogens is 2. The van der Waals surface area contributed by atoms with Gasteiger partial charge in [0.1, 0.15) is 11.6 Å². The number of ether oxygens (including phenoxy) is 1. The van der Waals surface area contributed by atoms with E-state index >= 15 is 0 Å². The third kappa shape index (κ3) is 6.82. The van der Waals surface area contributed by atoms with E-state index in [0.29, 0.717) is 18.2 Å².